The molecule has 0 amide bonds. The number of rotatable bonds is 4. The molecule has 0 N–H and O–H groups in total. The minimum absolute atomic E-state index is 0.0167. The molecule has 76 valence electrons. The zero-order chi connectivity index (χ0) is 10.3. The maximum absolute atomic E-state index is 12.9. The lowest BCUT2D eigenvalue weighted by Gasteiger charge is -2.07. The highest BCUT2D eigenvalue weighted by Gasteiger charge is 2.21. The van der Waals surface area contributed by atoms with E-state index >= 15 is 0 Å². The van der Waals surface area contributed by atoms with Gasteiger partial charge in [-0.3, -0.25) is 0 Å². The number of hydrogen-bond donors (Lipinski definition) is 0. The van der Waals surface area contributed by atoms with E-state index in [1.54, 1.807) is 13.8 Å². The Bertz CT molecular complexity index is 187. The third kappa shape index (κ3) is 5.81. The summed E-state index contributed by atoms with van der Waals surface area (Å²) in [6.45, 7) is 3.85. The summed E-state index contributed by atoms with van der Waals surface area (Å²) in [4.78, 5) is 10.7. The maximum atomic E-state index is 12.9. The molecule has 0 radical (unpaired) electrons. The first-order chi connectivity index (χ1) is 6.11. The molecule has 0 aromatic carbocycles. The Morgan fingerprint density at radius 1 is 1.46 bits per heavy atom. The fourth-order valence-corrected chi connectivity index (χ4v) is 1.38. The van der Waals surface area contributed by atoms with Crippen LogP contribution in [0.4, 0.5) is 4.39 Å². The van der Waals surface area contributed by atoms with E-state index in [1.165, 1.54) is 0 Å². The van der Waals surface area contributed by atoms with E-state index < -0.39 is 11.5 Å². The molecule has 0 saturated heterocycles. The van der Waals surface area contributed by atoms with Crippen LogP contribution in [0.25, 0.3) is 0 Å². The van der Waals surface area contributed by atoms with Gasteiger partial charge in [-0.15, -0.1) is 0 Å². The molecular weight excluding hydrogens is 215 g/mol. The Labute approximate surface area is 86.0 Å². The zero-order valence-electron chi connectivity index (χ0n) is 7.41. The fourth-order valence-electron chi connectivity index (χ4n) is 0.492. The molecule has 0 unspecified atom stereocenters. The maximum Gasteiger partial charge on any atom is 0.351 e. The van der Waals surface area contributed by atoms with Crippen molar-refractivity contribution < 1.29 is 18.7 Å². The van der Waals surface area contributed by atoms with Crippen LogP contribution in [0, 0.1) is 0 Å². The summed E-state index contributed by atoms with van der Waals surface area (Å²) < 4.78 is 22.1. The highest BCUT2D eigenvalue weighted by Crippen LogP contribution is 2.16. The Morgan fingerprint density at radius 3 is 2.46 bits per heavy atom. The van der Waals surface area contributed by atoms with Crippen LogP contribution in [-0.4, -0.2) is 29.1 Å². The van der Waals surface area contributed by atoms with E-state index in [-0.39, 0.29) is 11.0 Å². The van der Waals surface area contributed by atoms with Crippen molar-refractivity contribution in [2.24, 2.45) is 0 Å². The lowest BCUT2D eigenvalue weighted by Crippen LogP contribution is -2.17. The molecule has 0 fully saturated rings. The van der Waals surface area contributed by atoms with E-state index in [1.807, 2.05) is 0 Å². The summed E-state index contributed by atoms with van der Waals surface area (Å²) in [5.74, 6) is -0.922. The number of ether oxygens (including phenoxy) is 2. The Morgan fingerprint density at radius 2 is 2.00 bits per heavy atom. The molecule has 0 aliphatic rings. The first-order valence-electron chi connectivity index (χ1n) is 3.75. The largest absolute Gasteiger partial charge is 0.479 e. The van der Waals surface area contributed by atoms with Gasteiger partial charge in [0.05, 0.1) is 13.2 Å². The third-order valence-electron chi connectivity index (χ3n) is 0.934. The number of alkyl halides is 1. The molecule has 0 aliphatic carbocycles. The monoisotopic (exact) mass is 226 g/mol. The number of halogens is 1. The van der Waals surface area contributed by atoms with Gasteiger partial charge in [-0.1, -0.05) is 0 Å². The first-order valence-corrected chi connectivity index (χ1v) is 5.04. The van der Waals surface area contributed by atoms with Gasteiger partial charge in [0.15, 0.2) is 0 Å². The van der Waals surface area contributed by atoms with Crippen LogP contribution in [0.2, 0.25) is 0 Å². The van der Waals surface area contributed by atoms with Crippen LogP contribution in [-0.2, 0) is 14.3 Å². The van der Waals surface area contributed by atoms with E-state index in [0.29, 0.717) is 18.4 Å². The van der Waals surface area contributed by atoms with Gasteiger partial charge in [-0.05, 0) is 37.8 Å². The van der Waals surface area contributed by atoms with Gasteiger partial charge in [0.25, 0.3) is 5.50 Å². The third-order valence-corrected chi connectivity index (χ3v) is 2.05. The van der Waals surface area contributed by atoms with Crippen molar-refractivity contribution in [3.63, 3.8) is 0 Å². The van der Waals surface area contributed by atoms with Gasteiger partial charge in [0.1, 0.15) is 0 Å². The second-order valence-electron chi connectivity index (χ2n) is 1.87. The summed E-state index contributed by atoms with van der Waals surface area (Å²) in [5.41, 5.74) is -1.79. The molecule has 0 aromatic heterocycles. The summed E-state index contributed by atoms with van der Waals surface area (Å²) in [6, 6.07) is 0. The fraction of sp³-hybridized carbons (Fsp3) is 0.714. The Balaban J connectivity index is 3.78. The molecule has 1 atom stereocenters. The molecule has 3 nitrogen and oxygen atoms in total. The van der Waals surface area contributed by atoms with Crippen molar-refractivity contribution in [2.45, 2.75) is 19.4 Å². The minimum Gasteiger partial charge on any atom is -0.479 e. The summed E-state index contributed by atoms with van der Waals surface area (Å²) in [5, 5.41) is 0. The normalized spacial score (nSPS) is 11.9. The van der Waals surface area contributed by atoms with Crippen LogP contribution < -0.4 is 0 Å². The first kappa shape index (κ1) is 12.6. The van der Waals surface area contributed by atoms with Crippen molar-refractivity contribution in [3.05, 3.63) is 0 Å². The van der Waals surface area contributed by atoms with Gasteiger partial charge >= 0.3 is 5.97 Å². The predicted octanol–water partition coefficient (Wildman–Crippen LogP) is 1.90. The van der Waals surface area contributed by atoms with Crippen molar-refractivity contribution in [1.29, 1.82) is 0 Å². The van der Waals surface area contributed by atoms with Gasteiger partial charge in [0, 0.05) is 0 Å². The molecular formula is C7H11FO3S2. The van der Waals surface area contributed by atoms with Crippen LogP contribution >= 0.6 is 24.0 Å². The highest BCUT2D eigenvalue weighted by atomic mass is 32.2. The molecule has 6 heteroatoms. The average molecular weight is 226 g/mol. The smallest absolute Gasteiger partial charge is 0.351 e. The van der Waals surface area contributed by atoms with Crippen LogP contribution in [0.5, 0.6) is 0 Å². The number of thioether (sulfide) groups is 1. The van der Waals surface area contributed by atoms with E-state index in [4.69, 9.17) is 4.74 Å². The summed E-state index contributed by atoms with van der Waals surface area (Å²) in [6.07, 6.45) is 0. The molecule has 0 aromatic rings. The van der Waals surface area contributed by atoms with Gasteiger partial charge < -0.3 is 9.47 Å². The molecule has 0 saturated carbocycles. The molecule has 0 rings (SSSR count). The SMILES string of the molecule is CCOC(=O)[C@H](F)SC(=S)OCC. The van der Waals surface area contributed by atoms with Crippen molar-refractivity contribution in [2.75, 3.05) is 13.2 Å². The molecule has 13 heavy (non-hydrogen) atoms. The van der Waals surface area contributed by atoms with Crippen molar-refractivity contribution >= 4 is 34.3 Å². The minimum atomic E-state index is -1.79. The number of carbonyl (C=O) groups excluding carboxylic acids is 1. The summed E-state index contributed by atoms with van der Waals surface area (Å²) in [7, 11) is 0. The summed E-state index contributed by atoms with van der Waals surface area (Å²) >= 11 is 5.17. The van der Waals surface area contributed by atoms with Crippen molar-refractivity contribution in [1.82, 2.24) is 0 Å². The number of thiocarbonyl (C=S) groups is 1. The van der Waals surface area contributed by atoms with Gasteiger partial charge in [-0.25, -0.2) is 9.18 Å². The van der Waals surface area contributed by atoms with Crippen molar-refractivity contribution in [3.8, 4) is 0 Å². The number of hydrogen-bond acceptors (Lipinski definition) is 5. The molecule has 0 heterocycles. The van der Waals surface area contributed by atoms with E-state index in [9.17, 15) is 9.18 Å². The quantitative estimate of drug-likeness (QED) is 0.540. The lowest BCUT2D eigenvalue weighted by molar-refractivity contribution is -0.145. The van der Waals surface area contributed by atoms with Gasteiger partial charge in [0.2, 0.25) is 4.38 Å². The number of esters is 1. The van der Waals surface area contributed by atoms with Crippen LogP contribution in [0.1, 0.15) is 13.8 Å². The predicted molar refractivity (Wildman–Crippen MR) is 53.3 cm³/mol. The second kappa shape index (κ2) is 7.08. The molecule has 0 spiro atoms. The Hall–Kier alpha value is -0.360. The molecule has 0 bridgehead atoms. The number of carbonyl (C=O) groups is 1. The van der Waals surface area contributed by atoms with Crippen LogP contribution in [0.15, 0.2) is 0 Å². The Kier molecular flexibility index (Phi) is 6.89. The average Bonchev–Trinajstić information content (AvgIpc) is 2.05. The zero-order valence-corrected chi connectivity index (χ0v) is 9.04. The van der Waals surface area contributed by atoms with Gasteiger partial charge in [-0.2, -0.15) is 0 Å². The molecule has 0 aliphatic heterocycles. The standard InChI is InChI=1S/C7H11FO3S2/c1-3-10-6(9)5(8)13-7(12)11-4-2/h5H,3-4H2,1-2H3/t5-/m1/s1. The lowest BCUT2D eigenvalue weighted by atomic mass is 10.7. The van der Waals surface area contributed by atoms with Crippen LogP contribution in [0.3, 0.4) is 0 Å². The van der Waals surface area contributed by atoms with E-state index in [2.05, 4.69) is 17.0 Å². The second-order valence-corrected chi connectivity index (χ2v) is 3.52. The topological polar surface area (TPSA) is 35.5 Å². The highest BCUT2D eigenvalue weighted by molar-refractivity contribution is 8.23. The van der Waals surface area contributed by atoms with E-state index in [0.717, 1.165) is 0 Å².